The summed E-state index contributed by atoms with van der Waals surface area (Å²) < 4.78 is 26.7. The van der Waals surface area contributed by atoms with Gasteiger partial charge in [0.05, 0.1) is 30.3 Å². The highest BCUT2D eigenvalue weighted by atomic mass is 19.1. The third kappa shape index (κ3) is 3.33. The van der Waals surface area contributed by atoms with Crippen molar-refractivity contribution < 1.29 is 18.7 Å². The van der Waals surface area contributed by atoms with E-state index in [0.717, 1.165) is 6.07 Å². The topological polar surface area (TPSA) is 69.6 Å². The highest BCUT2D eigenvalue weighted by molar-refractivity contribution is 5.94. The van der Waals surface area contributed by atoms with Gasteiger partial charge in [0.2, 0.25) is 0 Å². The third-order valence-electron chi connectivity index (χ3n) is 3.91. The number of carbonyl (C=O) groups excluding carboxylic acids is 1. The highest BCUT2D eigenvalue weighted by Crippen LogP contribution is 2.16. The second kappa shape index (κ2) is 6.88. The zero-order valence-electron chi connectivity index (χ0n) is 12.8. The zero-order chi connectivity index (χ0) is 17.1. The molecule has 24 heavy (non-hydrogen) atoms. The Kier molecular flexibility index (Phi) is 4.66. The van der Waals surface area contributed by atoms with Crippen molar-refractivity contribution in [1.82, 2.24) is 14.9 Å². The van der Waals surface area contributed by atoms with E-state index in [9.17, 15) is 13.6 Å². The Labute approximate surface area is 137 Å². The van der Waals surface area contributed by atoms with E-state index in [-0.39, 0.29) is 12.2 Å². The van der Waals surface area contributed by atoms with Gasteiger partial charge in [0.25, 0.3) is 5.91 Å². The van der Waals surface area contributed by atoms with Crippen molar-refractivity contribution in [2.45, 2.75) is 6.61 Å². The smallest absolute Gasteiger partial charge is 0.256 e. The molecular weight excluding hydrogens is 318 g/mol. The summed E-state index contributed by atoms with van der Waals surface area (Å²) in [5, 5.41) is 8.97. The summed E-state index contributed by atoms with van der Waals surface area (Å²) >= 11 is 0. The molecule has 0 aliphatic carbocycles. The minimum Gasteiger partial charge on any atom is -0.390 e. The molecule has 126 valence electrons. The zero-order valence-corrected chi connectivity index (χ0v) is 12.8. The monoisotopic (exact) mass is 334 g/mol. The van der Waals surface area contributed by atoms with Gasteiger partial charge in [-0.15, -0.1) is 0 Å². The first-order chi connectivity index (χ1) is 11.6. The molecule has 2 aromatic rings. The average Bonchev–Trinajstić information content (AvgIpc) is 2.61. The molecule has 8 heteroatoms. The molecule has 0 radical (unpaired) electrons. The molecule has 0 spiro atoms. The summed E-state index contributed by atoms with van der Waals surface area (Å²) in [6, 6.07) is 2.95. The summed E-state index contributed by atoms with van der Waals surface area (Å²) in [6.45, 7) is 1.69. The number of aromatic nitrogens is 2. The molecule has 0 atom stereocenters. The van der Waals surface area contributed by atoms with Gasteiger partial charge in [0, 0.05) is 32.2 Å². The number of hydrogen-bond donors (Lipinski definition) is 1. The van der Waals surface area contributed by atoms with Crippen molar-refractivity contribution in [2.24, 2.45) is 0 Å². The Morgan fingerprint density at radius 2 is 1.88 bits per heavy atom. The number of nitrogens with zero attached hydrogens (tertiary/aromatic N) is 4. The first kappa shape index (κ1) is 16.3. The molecule has 1 fully saturated rings. The number of halogens is 2. The van der Waals surface area contributed by atoms with E-state index >= 15 is 0 Å². The van der Waals surface area contributed by atoms with Crippen LogP contribution >= 0.6 is 0 Å². The molecule has 0 unspecified atom stereocenters. The molecule has 6 nitrogen and oxygen atoms in total. The lowest BCUT2D eigenvalue weighted by atomic mass is 10.1. The Morgan fingerprint density at radius 3 is 2.46 bits per heavy atom. The molecule has 1 aromatic carbocycles. The van der Waals surface area contributed by atoms with Crippen LogP contribution in [0.1, 0.15) is 16.1 Å². The van der Waals surface area contributed by atoms with Crippen molar-refractivity contribution in [3.05, 3.63) is 53.5 Å². The average molecular weight is 334 g/mol. The SMILES string of the molecule is O=C(c1ccc(F)cc1F)N1CCN(c2cnc(CO)cn2)CC1. The maximum Gasteiger partial charge on any atom is 0.256 e. The molecule has 1 aromatic heterocycles. The van der Waals surface area contributed by atoms with Crippen molar-refractivity contribution in [2.75, 3.05) is 31.1 Å². The quantitative estimate of drug-likeness (QED) is 0.914. The van der Waals surface area contributed by atoms with Gasteiger partial charge in [-0.25, -0.2) is 13.8 Å². The number of rotatable bonds is 3. The van der Waals surface area contributed by atoms with E-state index in [1.54, 1.807) is 6.20 Å². The van der Waals surface area contributed by atoms with Crippen LogP contribution in [0.5, 0.6) is 0 Å². The minimum absolute atomic E-state index is 0.128. The first-order valence-electron chi connectivity index (χ1n) is 7.49. The van der Waals surface area contributed by atoms with Gasteiger partial charge in [0.15, 0.2) is 0 Å². The van der Waals surface area contributed by atoms with Crippen molar-refractivity contribution >= 4 is 11.7 Å². The van der Waals surface area contributed by atoms with Crippen LogP contribution < -0.4 is 4.90 Å². The number of amides is 1. The van der Waals surface area contributed by atoms with E-state index in [0.29, 0.717) is 43.8 Å². The fourth-order valence-electron chi connectivity index (χ4n) is 2.56. The van der Waals surface area contributed by atoms with Crippen LogP contribution in [0.3, 0.4) is 0 Å². The lowest BCUT2D eigenvalue weighted by molar-refractivity contribution is 0.0741. The molecule has 3 rings (SSSR count). The predicted octanol–water partition coefficient (Wildman–Crippen LogP) is 1.21. The number of aliphatic hydroxyl groups excluding tert-OH is 1. The van der Waals surface area contributed by atoms with E-state index in [1.165, 1.54) is 17.2 Å². The van der Waals surface area contributed by atoms with Gasteiger partial charge in [-0.2, -0.15) is 0 Å². The lowest BCUT2D eigenvalue weighted by Gasteiger charge is -2.35. The molecule has 0 saturated carbocycles. The van der Waals surface area contributed by atoms with Gasteiger partial charge in [0.1, 0.15) is 17.5 Å². The number of piperazine rings is 1. The van der Waals surface area contributed by atoms with Gasteiger partial charge in [-0.3, -0.25) is 9.78 Å². The van der Waals surface area contributed by atoms with Gasteiger partial charge >= 0.3 is 0 Å². The van der Waals surface area contributed by atoms with Crippen LogP contribution in [-0.4, -0.2) is 52.1 Å². The first-order valence-corrected chi connectivity index (χ1v) is 7.49. The number of hydrogen-bond acceptors (Lipinski definition) is 5. The lowest BCUT2D eigenvalue weighted by Crippen LogP contribution is -2.49. The van der Waals surface area contributed by atoms with Crippen LogP contribution in [0.15, 0.2) is 30.6 Å². The Bertz CT molecular complexity index is 731. The van der Waals surface area contributed by atoms with E-state index in [2.05, 4.69) is 9.97 Å². The molecule has 1 saturated heterocycles. The fraction of sp³-hybridized carbons (Fsp3) is 0.312. The summed E-state index contributed by atoms with van der Waals surface area (Å²) in [5.74, 6) is -1.35. The van der Waals surface area contributed by atoms with Crippen molar-refractivity contribution in [3.8, 4) is 0 Å². The van der Waals surface area contributed by atoms with Crippen LogP contribution in [0.4, 0.5) is 14.6 Å². The number of anilines is 1. The maximum absolute atomic E-state index is 13.7. The molecule has 1 aliphatic heterocycles. The molecule has 0 bridgehead atoms. The second-order valence-electron chi connectivity index (χ2n) is 5.43. The molecule has 2 heterocycles. The van der Waals surface area contributed by atoms with E-state index < -0.39 is 17.5 Å². The van der Waals surface area contributed by atoms with Crippen LogP contribution in [-0.2, 0) is 6.61 Å². The number of benzene rings is 1. The van der Waals surface area contributed by atoms with Gasteiger partial charge in [-0.1, -0.05) is 0 Å². The summed E-state index contributed by atoms with van der Waals surface area (Å²) in [5.41, 5.74) is 0.358. The normalized spacial score (nSPS) is 14.8. The second-order valence-corrected chi connectivity index (χ2v) is 5.43. The van der Waals surface area contributed by atoms with E-state index in [4.69, 9.17) is 5.11 Å². The molecule has 1 aliphatic rings. The Hall–Kier alpha value is -2.61. The summed E-state index contributed by atoms with van der Waals surface area (Å²) in [6.07, 6.45) is 3.07. The fourth-order valence-corrected chi connectivity index (χ4v) is 2.56. The summed E-state index contributed by atoms with van der Waals surface area (Å²) in [7, 11) is 0. The maximum atomic E-state index is 13.7. The van der Waals surface area contributed by atoms with Gasteiger partial charge in [-0.05, 0) is 12.1 Å². The largest absolute Gasteiger partial charge is 0.390 e. The number of carbonyl (C=O) groups is 1. The highest BCUT2D eigenvalue weighted by Gasteiger charge is 2.25. The van der Waals surface area contributed by atoms with Gasteiger partial charge < -0.3 is 14.9 Å². The van der Waals surface area contributed by atoms with Crippen LogP contribution in [0.2, 0.25) is 0 Å². The van der Waals surface area contributed by atoms with Crippen molar-refractivity contribution in [3.63, 3.8) is 0 Å². The third-order valence-corrected chi connectivity index (χ3v) is 3.91. The van der Waals surface area contributed by atoms with E-state index in [1.807, 2.05) is 4.90 Å². The number of aliphatic hydroxyl groups is 1. The molecule has 1 N–H and O–H groups in total. The Balaban J connectivity index is 1.64. The van der Waals surface area contributed by atoms with Crippen molar-refractivity contribution in [1.29, 1.82) is 0 Å². The summed E-state index contributed by atoms with van der Waals surface area (Å²) in [4.78, 5) is 24.1. The molecular formula is C16H16F2N4O2. The Morgan fingerprint density at radius 1 is 1.12 bits per heavy atom. The molecule has 1 amide bonds. The predicted molar refractivity (Wildman–Crippen MR) is 82.4 cm³/mol. The van der Waals surface area contributed by atoms with Crippen LogP contribution in [0.25, 0.3) is 0 Å². The standard InChI is InChI=1S/C16H16F2N4O2/c17-11-1-2-13(14(18)7-11)16(24)22-5-3-21(4-6-22)15-9-19-12(10-23)8-20-15/h1-2,7-9,23H,3-6,10H2. The minimum atomic E-state index is -0.854. The van der Waals surface area contributed by atoms with Crippen LogP contribution in [0, 0.1) is 11.6 Å².